The number of rotatable bonds is 11. The standard InChI is InChI=1S/C31H29N3O5S/c1-36-21-11-13-28(38-3)24(16-21)23-18-27(20-8-6-5-7-9-20)34-31(25(23)19-32)40-15-14-30(35)33-26-12-10-22(37-2)17-29(26)39-4/h5-13,16-18H,14-15H2,1-4H3,(H,33,35). The molecule has 4 rings (SSSR count). The molecule has 0 unspecified atom stereocenters. The molecule has 0 radical (unpaired) electrons. The molecule has 4 aromatic rings. The minimum atomic E-state index is -0.191. The summed E-state index contributed by atoms with van der Waals surface area (Å²) in [6, 6.07) is 24.6. The molecule has 0 saturated carbocycles. The Bertz CT molecular complexity index is 1540. The van der Waals surface area contributed by atoms with Crippen molar-refractivity contribution in [3.05, 3.63) is 78.4 Å². The number of methoxy groups -OCH3 is 4. The van der Waals surface area contributed by atoms with E-state index in [0.717, 1.165) is 5.56 Å². The van der Waals surface area contributed by atoms with Gasteiger partial charge in [-0.2, -0.15) is 5.26 Å². The van der Waals surface area contributed by atoms with Gasteiger partial charge in [0.15, 0.2) is 0 Å². The smallest absolute Gasteiger partial charge is 0.225 e. The second-order valence-electron chi connectivity index (χ2n) is 8.49. The fourth-order valence-electron chi connectivity index (χ4n) is 4.08. The van der Waals surface area contributed by atoms with E-state index in [9.17, 15) is 10.1 Å². The summed E-state index contributed by atoms with van der Waals surface area (Å²) in [4.78, 5) is 17.6. The van der Waals surface area contributed by atoms with E-state index in [-0.39, 0.29) is 12.3 Å². The van der Waals surface area contributed by atoms with Gasteiger partial charge < -0.3 is 24.3 Å². The number of nitrogens with zero attached hydrogens (tertiary/aromatic N) is 2. The van der Waals surface area contributed by atoms with Gasteiger partial charge in [0.2, 0.25) is 5.91 Å². The van der Waals surface area contributed by atoms with Gasteiger partial charge in [-0.3, -0.25) is 4.79 Å². The zero-order valence-electron chi connectivity index (χ0n) is 22.7. The number of amides is 1. The number of hydrogen-bond acceptors (Lipinski definition) is 8. The number of nitrogens with one attached hydrogen (secondary N) is 1. The van der Waals surface area contributed by atoms with Gasteiger partial charge in [-0.25, -0.2) is 4.98 Å². The molecular formula is C31H29N3O5S. The Morgan fingerprint density at radius 1 is 0.850 bits per heavy atom. The normalized spacial score (nSPS) is 10.4. The van der Waals surface area contributed by atoms with Crippen molar-refractivity contribution < 1.29 is 23.7 Å². The maximum atomic E-state index is 12.8. The van der Waals surface area contributed by atoms with Gasteiger partial charge in [0, 0.05) is 34.9 Å². The summed E-state index contributed by atoms with van der Waals surface area (Å²) in [5, 5.41) is 13.6. The molecule has 1 heterocycles. The number of anilines is 1. The maximum Gasteiger partial charge on any atom is 0.225 e. The van der Waals surface area contributed by atoms with Gasteiger partial charge in [0.25, 0.3) is 0 Å². The molecule has 40 heavy (non-hydrogen) atoms. The summed E-state index contributed by atoms with van der Waals surface area (Å²) in [6.45, 7) is 0. The summed E-state index contributed by atoms with van der Waals surface area (Å²) in [5.74, 6) is 2.58. The molecule has 1 amide bonds. The van der Waals surface area contributed by atoms with E-state index in [0.29, 0.717) is 61.8 Å². The SMILES string of the molecule is COc1ccc(NC(=O)CCSc2nc(-c3ccccc3)cc(-c3cc(OC)ccc3OC)c2C#N)c(OC)c1. The molecule has 9 heteroatoms. The number of thioether (sulfide) groups is 1. The van der Waals surface area contributed by atoms with Crippen LogP contribution in [-0.4, -0.2) is 45.1 Å². The quantitative estimate of drug-likeness (QED) is 0.211. The molecule has 0 aliphatic rings. The number of benzene rings is 3. The fraction of sp³-hybridized carbons (Fsp3) is 0.194. The van der Waals surface area contributed by atoms with Gasteiger partial charge in [0.05, 0.1) is 45.4 Å². The molecule has 0 saturated heterocycles. The molecule has 1 N–H and O–H groups in total. The summed E-state index contributed by atoms with van der Waals surface area (Å²) in [5.41, 5.74) is 3.93. The van der Waals surface area contributed by atoms with Crippen LogP contribution in [0.1, 0.15) is 12.0 Å². The second kappa shape index (κ2) is 13.4. The van der Waals surface area contributed by atoms with Crippen LogP contribution in [0.4, 0.5) is 5.69 Å². The molecule has 0 fully saturated rings. The molecule has 3 aromatic carbocycles. The van der Waals surface area contributed by atoms with Crippen molar-refractivity contribution in [3.8, 4) is 51.5 Å². The zero-order valence-corrected chi connectivity index (χ0v) is 23.5. The Labute approximate surface area is 237 Å². The van der Waals surface area contributed by atoms with Gasteiger partial charge in [0.1, 0.15) is 34.1 Å². The first-order valence-corrected chi connectivity index (χ1v) is 13.4. The van der Waals surface area contributed by atoms with Crippen LogP contribution >= 0.6 is 11.8 Å². The molecular weight excluding hydrogens is 526 g/mol. The predicted molar refractivity (Wildman–Crippen MR) is 156 cm³/mol. The number of ether oxygens (including phenoxy) is 4. The van der Waals surface area contributed by atoms with Crippen molar-refractivity contribution in [1.29, 1.82) is 5.26 Å². The van der Waals surface area contributed by atoms with Crippen LogP contribution in [0.15, 0.2) is 77.8 Å². The monoisotopic (exact) mass is 555 g/mol. The summed E-state index contributed by atoms with van der Waals surface area (Å²) in [7, 11) is 6.27. The van der Waals surface area contributed by atoms with E-state index in [1.165, 1.54) is 18.9 Å². The van der Waals surface area contributed by atoms with Crippen LogP contribution in [0.5, 0.6) is 23.0 Å². The lowest BCUT2D eigenvalue weighted by molar-refractivity contribution is -0.115. The van der Waals surface area contributed by atoms with E-state index in [1.807, 2.05) is 48.5 Å². The van der Waals surface area contributed by atoms with E-state index in [1.54, 1.807) is 45.6 Å². The van der Waals surface area contributed by atoms with E-state index < -0.39 is 0 Å². The molecule has 0 aliphatic carbocycles. The van der Waals surface area contributed by atoms with Crippen LogP contribution in [0, 0.1) is 11.3 Å². The highest BCUT2D eigenvalue weighted by molar-refractivity contribution is 7.99. The highest BCUT2D eigenvalue weighted by Crippen LogP contribution is 2.40. The van der Waals surface area contributed by atoms with Crippen molar-refractivity contribution in [1.82, 2.24) is 4.98 Å². The fourth-order valence-corrected chi connectivity index (χ4v) is 5.03. The Balaban J connectivity index is 1.64. The molecule has 1 aromatic heterocycles. The number of aromatic nitrogens is 1. The number of hydrogen-bond donors (Lipinski definition) is 1. The minimum absolute atomic E-state index is 0.191. The Morgan fingerprint density at radius 2 is 1.55 bits per heavy atom. The van der Waals surface area contributed by atoms with Crippen molar-refractivity contribution in [2.45, 2.75) is 11.4 Å². The third kappa shape index (κ3) is 6.47. The van der Waals surface area contributed by atoms with Crippen LogP contribution < -0.4 is 24.3 Å². The molecule has 0 spiro atoms. The van der Waals surface area contributed by atoms with Crippen molar-refractivity contribution in [2.24, 2.45) is 0 Å². The summed E-state index contributed by atoms with van der Waals surface area (Å²) in [6.07, 6.45) is 0.194. The van der Waals surface area contributed by atoms with Crippen molar-refractivity contribution >= 4 is 23.4 Å². The number of pyridine rings is 1. The van der Waals surface area contributed by atoms with E-state index in [4.69, 9.17) is 23.9 Å². The van der Waals surface area contributed by atoms with Crippen molar-refractivity contribution in [2.75, 3.05) is 39.5 Å². The predicted octanol–water partition coefficient (Wildman–Crippen LogP) is 6.44. The topological polar surface area (TPSA) is 103 Å². The van der Waals surface area contributed by atoms with Crippen LogP contribution in [0.2, 0.25) is 0 Å². The average Bonchev–Trinajstić information content (AvgIpc) is 3.00. The van der Waals surface area contributed by atoms with Gasteiger partial charge >= 0.3 is 0 Å². The Hall–Kier alpha value is -4.68. The molecule has 0 atom stereocenters. The lowest BCUT2D eigenvalue weighted by Gasteiger charge is -2.16. The average molecular weight is 556 g/mol. The second-order valence-corrected chi connectivity index (χ2v) is 9.58. The van der Waals surface area contributed by atoms with E-state index in [2.05, 4.69) is 11.4 Å². The number of carbonyl (C=O) groups is 1. The third-order valence-electron chi connectivity index (χ3n) is 6.12. The van der Waals surface area contributed by atoms with Crippen molar-refractivity contribution in [3.63, 3.8) is 0 Å². The summed E-state index contributed by atoms with van der Waals surface area (Å²) >= 11 is 1.35. The van der Waals surface area contributed by atoms with Gasteiger partial charge in [-0.05, 0) is 36.4 Å². The Kier molecular flexibility index (Phi) is 9.49. The minimum Gasteiger partial charge on any atom is -0.497 e. The number of carbonyl (C=O) groups excluding carboxylic acids is 1. The highest BCUT2D eigenvalue weighted by atomic mass is 32.2. The first kappa shape index (κ1) is 28.3. The maximum absolute atomic E-state index is 12.8. The largest absolute Gasteiger partial charge is 0.497 e. The van der Waals surface area contributed by atoms with Gasteiger partial charge in [-0.1, -0.05) is 30.3 Å². The van der Waals surface area contributed by atoms with Crippen LogP contribution in [0.25, 0.3) is 22.4 Å². The van der Waals surface area contributed by atoms with E-state index >= 15 is 0 Å². The highest BCUT2D eigenvalue weighted by Gasteiger charge is 2.20. The molecule has 0 aliphatic heterocycles. The first-order valence-electron chi connectivity index (χ1n) is 12.4. The van der Waals surface area contributed by atoms with Gasteiger partial charge in [-0.15, -0.1) is 11.8 Å². The van der Waals surface area contributed by atoms with Crippen LogP contribution in [-0.2, 0) is 4.79 Å². The number of nitriles is 1. The lowest BCUT2D eigenvalue weighted by atomic mass is 9.98. The molecule has 204 valence electrons. The Morgan fingerprint density at radius 3 is 2.23 bits per heavy atom. The molecule has 0 bridgehead atoms. The lowest BCUT2D eigenvalue weighted by Crippen LogP contribution is -2.13. The molecule has 8 nitrogen and oxygen atoms in total. The van der Waals surface area contributed by atoms with Crippen LogP contribution in [0.3, 0.4) is 0 Å². The zero-order chi connectivity index (χ0) is 28.5. The third-order valence-corrected chi connectivity index (χ3v) is 7.09. The first-order chi connectivity index (χ1) is 19.5. The summed E-state index contributed by atoms with van der Waals surface area (Å²) < 4.78 is 21.7.